The first-order valence-corrected chi connectivity index (χ1v) is 5.16. The fourth-order valence-corrected chi connectivity index (χ4v) is 1.34. The van der Waals surface area contributed by atoms with Crippen molar-refractivity contribution >= 4 is 11.9 Å². The van der Waals surface area contributed by atoms with Gasteiger partial charge in [0.2, 0.25) is 5.91 Å². The van der Waals surface area contributed by atoms with E-state index in [2.05, 4.69) is 20.9 Å². The second kappa shape index (κ2) is 4.30. The van der Waals surface area contributed by atoms with E-state index in [-0.39, 0.29) is 5.91 Å². The van der Waals surface area contributed by atoms with Crippen LogP contribution in [-0.4, -0.2) is 37.5 Å². The van der Waals surface area contributed by atoms with Crippen LogP contribution in [0.2, 0.25) is 0 Å². The minimum absolute atomic E-state index is 0.138. The number of nitrogens with zero attached hydrogens (tertiary/aromatic N) is 1. The fourth-order valence-electron chi connectivity index (χ4n) is 1.34. The molecule has 2 rings (SSSR count). The molecule has 5 nitrogen and oxygen atoms in total. The first-order chi connectivity index (χ1) is 6.84. The summed E-state index contributed by atoms with van der Waals surface area (Å²) in [7, 11) is 0. The van der Waals surface area contributed by atoms with E-state index >= 15 is 0 Å². The van der Waals surface area contributed by atoms with Gasteiger partial charge in [-0.05, 0) is 12.8 Å². The fraction of sp³-hybridized carbons (Fsp3) is 0.778. The van der Waals surface area contributed by atoms with Crippen molar-refractivity contribution in [1.82, 2.24) is 16.0 Å². The zero-order valence-electron chi connectivity index (χ0n) is 8.18. The second-order valence-corrected chi connectivity index (χ2v) is 3.68. The van der Waals surface area contributed by atoms with E-state index in [4.69, 9.17) is 0 Å². The molecule has 0 atom stereocenters. The Bertz CT molecular complexity index is 247. The Labute approximate surface area is 83.4 Å². The third kappa shape index (κ3) is 2.90. The van der Waals surface area contributed by atoms with Crippen molar-refractivity contribution in [2.45, 2.75) is 25.3 Å². The zero-order chi connectivity index (χ0) is 9.80. The molecular formula is C9H16N4O. The van der Waals surface area contributed by atoms with Crippen molar-refractivity contribution < 1.29 is 4.79 Å². The topological polar surface area (TPSA) is 65.5 Å². The largest absolute Gasteiger partial charge is 0.356 e. The number of amides is 1. The molecule has 1 amide bonds. The van der Waals surface area contributed by atoms with Crippen LogP contribution in [0.25, 0.3) is 0 Å². The molecule has 0 aromatic heterocycles. The molecule has 2 aliphatic rings. The maximum absolute atomic E-state index is 11.3. The van der Waals surface area contributed by atoms with E-state index < -0.39 is 0 Å². The van der Waals surface area contributed by atoms with Crippen LogP contribution >= 0.6 is 0 Å². The molecule has 0 spiro atoms. The molecule has 0 unspecified atom stereocenters. The predicted molar refractivity (Wildman–Crippen MR) is 54.1 cm³/mol. The summed E-state index contributed by atoms with van der Waals surface area (Å²) in [6.07, 6.45) is 2.82. The lowest BCUT2D eigenvalue weighted by Gasteiger charge is -2.06. The third-order valence-corrected chi connectivity index (χ3v) is 2.26. The highest BCUT2D eigenvalue weighted by Gasteiger charge is 2.22. The third-order valence-electron chi connectivity index (χ3n) is 2.26. The molecule has 14 heavy (non-hydrogen) atoms. The molecule has 5 heteroatoms. The maximum Gasteiger partial charge on any atom is 0.221 e. The van der Waals surface area contributed by atoms with Gasteiger partial charge in [0, 0.05) is 25.6 Å². The first-order valence-electron chi connectivity index (χ1n) is 5.16. The van der Waals surface area contributed by atoms with Crippen molar-refractivity contribution in [3.05, 3.63) is 0 Å². The van der Waals surface area contributed by atoms with Gasteiger partial charge in [-0.2, -0.15) is 0 Å². The number of hydrogen-bond donors (Lipinski definition) is 3. The highest BCUT2D eigenvalue weighted by atomic mass is 16.1. The second-order valence-electron chi connectivity index (χ2n) is 3.68. The normalized spacial score (nSPS) is 19.9. The van der Waals surface area contributed by atoms with E-state index in [1.54, 1.807) is 0 Å². The molecule has 0 aromatic carbocycles. The van der Waals surface area contributed by atoms with Crippen LogP contribution in [0.15, 0.2) is 4.99 Å². The molecule has 78 valence electrons. The first kappa shape index (κ1) is 9.30. The average Bonchev–Trinajstić information content (AvgIpc) is 2.82. The van der Waals surface area contributed by atoms with Crippen LogP contribution in [0.3, 0.4) is 0 Å². The average molecular weight is 196 g/mol. The monoisotopic (exact) mass is 196 g/mol. The van der Waals surface area contributed by atoms with Crippen LogP contribution in [0.1, 0.15) is 19.3 Å². The van der Waals surface area contributed by atoms with Crippen molar-refractivity contribution in [3.63, 3.8) is 0 Å². The molecule has 1 heterocycles. The Kier molecular flexibility index (Phi) is 2.86. The lowest BCUT2D eigenvalue weighted by Crippen LogP contribution is -2.36. The summed E-state index contributed by atoms with van der Waals surface area (Å²) < 4.78 is 0. The Morgan fingerprint density at radius 1 is 1.57 bits per heavy atom. The maximum atomic E-state index is 11.3. The van der Waals surface area contributed by atoms with Gasteiger partial charge in [-0.1, -0.05) is 0 Å². The van der Waals surface area contributed by atoms with Gasteiger partial charge in [0.15, 0.2) is 5.96 Å². The Hall–Kier alpha value is -1.26. The molecule has 0 radical (unpaired) electrons. The lowest BCUT2D eigenvalue weighted by molar-refractivity contribution is -0.121. The standard InChI is InChI=1S/C9H16N4O/c14-8(13-7-1-2-7)3-4-10-9-11-5-6-12-9/h7H,1-6H2,(H,13,14)(H2,10,11,12). The molecule has 1 fully saturated rings. The number of aliphatic imine (C=N–C) groups is 1. The molecule has 1 aliphatic heterocycles. The van der Waals surface area contributed by atoms with Gasteiger partial charge in [-0.25, -0.2) is 0 Å². The van der Waals surface area contributed by atoms with Gasteiger partial charge >= 0.3 is 0 Å². The van der Waals surface area contributed by atoms with Gasteiger partial charge in [0.1, 0.15) is 0 Å². The summed E-state index contributed by atoms with van der Waals surface area (Å²) in [6, 6.07) is 0.462. The van der Waals surface area contributed by atoms with Crippen LogP contribution in [0, 0.1) is 0 Å². The molecule has 1 saturated carbocycles. The lowest BCUT2D eigenvalue weighted by atomic mass is 10.4. The summed E-state index contributed by atoms with van der Waals surface area (Å²) in [6.45, 7) is 2.39. The van der Waals surface area contributed by atoms with Crippen molar-refractivity contribution in [2.75, 3.05) is 19.6 Å². The molecule has 3 N–H and O–H groups in total. The van der Waals surface area contributed by atoms with Crippen molar-refractivity contribution in [2.24, 2.45) is 4.99 Å². The Morgan fingerprint density at radius 2 is 2.43 bits per heavy atom. The van der Waals surface area contributed by atoms with E-state index in [9.17, 15) is 4.79 Å². The van der Waals surface area contributed by atoms with E-state index in [0.717, 1.165) is 31.9 Å². The molecule has 0 aromatic rings. The quantitative estimate of drug-likeness (QED) is 0.552. The SMILES string of the molecule is O=C(CCNC1=NCCN1)NC1CC1. The van der Waals surface area contributed by atoms with Gasteiger partial charge in [0.25, 0.3) is 0 Å². The Morgan fingerprint density at radius 3 is 3.07 bits per heavy atom. The van der Waals surface area contributed by atoms with Crippen molar-refractivity contribution in [3.8, 4) is 0 Å². The number of nitrogens with one attached hydrogen (secondary N) is 3. The molecular weight excluding hydrogens is 180 g/mol. The summed E-state index contributed by atoms with van der Waals surface area (Å²) >= 11 is 0. The number of carbonyl (C=O) groups is 1. The zero-order valence-corrected chi connectivity index (χ0v) is 8.18. The van der Waals surface area contributed by atoms with Crippen LogP contribution in [0.5, 0.6) is 0 Å². The number of hydrogen-bond acceptors (Lipinski definition) is 4. The Balaban J connectivity index is 1.54. The van der Waals surface area contributed by atoms with Gasteiger partial charge in [-0.3, -0.25) is 9.79 Å². The molecule has 1 aliphatic carbocycles. The van der Waals surface area contributed by atoms with E-state index in [1.807, 2.05) is 0 Å². The summed E-state index contributed by atoms with van der Waals surface area (Å²) in [5.41, 5.74) is 0. The smallest absolute Gasteiger partial charge is 0.221 e. The number of rotatable bonds is 4. The van der Waals surface area contributed by atoms with E-state index in [0.29, 0.717) is 19.0 Å². The molecule has 0 bridgehead atoms. The van der Waals surface area contributed by atoms with Gasteiger partial charge in [-0.15, -0.1) is 0 Å². The van der Waals surface area contributed by atoms with Crippen LogP contribution in [-0.2, 0) is 4.79 Å². The number of guanidine groups is 1. The summed E-state index contributed by atoms with van der Waals surface area (Å²) in [5.74, 6) is 0.961. The van der Waals surface area contributed by atoms with Gasteiger partial charge < -0.3 is 16.0 Å². The highest BCUT2D eigenvalue weighted by Crippen LogP contribution is 2.18. The van der Waals surface area contributed by atoms with Crippen molar-refractivity contribution in [1.29, 1.82) is 0 Å². The van der Waals surface area contributed by atoms with Crippen LogP contribution < -0.4 is 16.0 Å². The molecule has 0 saturated heterocycles. The van der Waals surface area contributed by atoms with Gasteiger partial charge in [0.05, 0.1) is 6.54 Å². The van der Waals surface area contributed by atoms with E-state index in [1.165, 1.54) is 0 Å². The predicted octanol–water partition coefficient (Wildman–Crippen LogP) is -0.796. The summed E-state index contributed by atoms with van der Waals surface area (Å²) in [4.78, 5) is 15.4. The minimum Gasteiger partial charge on any atom is -0.356 e. The number of carbonyl (C=O) groups excluding carboxylic acids is 1. The summed E-state index contributed by atoms with van der Waals surface area (Å²) in [5, 5.41) is 9.11. The highest BCUT2D eigenvalue weighted by molar-refractivity contribution is 5.82. The van der Waals surface area contributed by atoms with Crippen LogP contribution in [0.4, 0.5) is 0 Å². The minimum atomic E-state index is 0.138.